The topological polar surface area (TPSA) is 116 Å². The number of carboxylic acids is 1. The van der Waals surface area contributed by atoms with Crippen LogP contribution in [0.4, 0.5) is 10.5 Å². The average molecular weight is 765 g/mol. The van der Waals surface area contributed by atoms with E-state index in [9.17, 15) is 19.9 Å². The van der Waals surface area contributed by atoms with Gasteiger partial charge in [-0.15, -0.1) is 0 Å². The third kappa shape index (κ3) is 8.65. The first-order valence-electron chi connectivity index (χ1n) is 17.5. The fourth-order valence-electron chi connectivity index (χ4n) is 7.53. The van der Waals surface area contributed by atoms with Crippen molar-refractivity contribution >= 4 is 41.0 Å². The van der Waals surface area contributed by atoms with Crippen molar-refractivity contribution in [1.82, 2.24) is 9.80 Å². The molecule has 0 aliphatic carbocycles. The van der Waals surface area contributed by atoms with Crippen LogP contribution in [0.1, 0.15) is 56.9 Å². The molecule has 3 aliphatic heterocycles. The minimum Gasteiger partial charge on any atom is -0.493 e. The van der Waals surface area contributed by atoms with Crippen molar-refractivity contribution in [2.75, 3.05) is 52.8 Å². The summed E-state index contributed by atoms with van der Waals surface area (Å²) in [6, 6.07) is 18.3. The van der Waals surface area contributed by atoms with Crippen LogP contribution < -0.4 is 19.1 Å². The van der Waals surface area contributed by atoms with Crippen LogP contribution in [0.5, 0.6) is 11.5 Å². The Balaban J connectivity index is 1.45. The van der Waals surface area contributed by atoms with Gasteiger partial charge in [0.1, 0.15) is 16.1 Å². The van der Waals surface area contributed by atoms with E-state index >= 15 is 0 Å². The number of ether oxygens (including phenoxy) is 3. The van der Waals surface area contributed by atoms with Gasteiger partial charge in [0, 0.05) is 29.3 Å². The summed E-state index contributed by atoms with van der Waals surface area (Å²) in [6.45, 7) is 3.47. The molecule has 0 radical (unpaired) electrons. The number of benzene rings is 3. The molecule has 3 aliphatic rings. The van der Waals surface area contributed by atoms with Gasteiger partial charge in [0.25, 0.3) is 0 Å². The molecular formula is C40H45Cl2N4O7+. The Kier molecular flexibility index (Phi) is 12.0. The Labute approximate surface area is 319 Å². The Morgan fingerprint density at radius 3 is 2.26 bits per heavy atom. The molecule has 3 aromatic carbocycles. The van der Waals surface area contributed by atoms with Crippen molar-refractivity contribution in [2.45, 2.75) is 44.4 Å². The lowest BCUT2D eigenvalue weighted by Crippen LogP contribution is -2.53. The largest absolute Gasteiger partial charge is 0.493 e. The third-order valence-electron chi connectivity index (χ3n) is 10.2. The first-order valence-corrected chi connectivity index (χ1v) is 18.3. The maximum Gasteiger partial charge on any atom is 0.414 e. The van der Waals surface area contributed by atoms with E-state index in [1.54, 1.807) is 36.3 Å². The maximum absolute atomic E-state index is 14.3. The molecule has 4 heterocycles. The van der Waals surface area contributed by atoms with E-state index in [0.29, 0.717) is 51.9 Å². The average Bonchev–Trinajstić information content (AvgIpc) is 3.13. The number of fused-ring (bicyclic) bond motifs is 3. The highest BCUT2D eigenvalue weighted by molar-refractivity contribution is 6.35. The SMILES string of the molecule is COc1ccc([C@H](Cc2c(Cl)c[n+](O)cc2Cl)c2cc(CN(C(=O)O[C@H]3CN4CCC3CC4)c3ccccc3CN(C)C)ccc2C(=O)O)cc1OC. The monoisotopic (exact) mass is 763 g/mol. The lowest BCUT2D eigenvalue weighted by atomic mass is 9.82. The number of aromatic carboxylic acids is 1. The summed E-state index contributed by atoms with van der Waals surface area (Å²) in [5.41, 5.74) is 4.13. The fourth-order valence-corrected chi connectivity index (χ4v) is 8.13. The number of carbonyl (C=O) groups excluding carboxylic acids is 1. The van der Waals surface area contributed by atoms with Gasteiger partial charge in [0.15, 0.2) is 11.5 Å². The molecule has 53 heavy (non-hydrogen) atoms. The number of anilines is 1. The minimum absolute atomic E-state index is 0.0725. The van der Waals surface area contributed by atoms with Crippen molar-refractivity contribution in [3.63, 3.8) is 0 Å². The lowest BCUT2D eigenvalue weighted by molar-refractivity contribution is -0.904. The predicted octanol–water partition coefficient (Wildman–Crippen LogP) is 6.91. The van der Waals surface area contributed by atoms with Gasteiger partial charge in [-0.05, 0) is 98.9 Å². The fraction of sp³-hybridized carbons (Fsp3) is 0.375. The summed E-state index contributed by atoms with van der Waals surface area (Å²) in [7, 11) is 7.02. The third-order valence-corrected chi connectivity index (χ3v) is 10.8. The number of methoxy groups -OCH3 is 2. The number of nitrogens with zero attached hydrogens (tertiary/aromatic N) is 4. The second kappa shape index (κ2) is 16.6. The van der Waals surface area contributed by atoms with Crippen LogP contribution >= 0.6 is 23.2 Å². The quantitative estimate of drug-likeness (QED) is 0.111. The first kappa shape index (κ1) is 38.2. The number of aromatic nitrogens is 1. The molecule has 2 N–H and O–H groups in total. The Hall–Kier alpha value is -4.55. The molecule has 0 spiro atoms. The molecular weight excluding hydrogens is 719 g/mol. The van der Waals surface area contributed by atoms with Crippen molar-refractivity contribution < 1.29 is 38.8 Å². The highest BCUT2D eigenvalue weighted by atomic mass is 35.5. The molecule has 280 valence electrons. The molecule has 2 atom stereocenters. The van der Waals surface area contributed by atoms with Crippen molar-refractivity contribution in [3.05, 3.63) is 116 Å². The minimum atomic E-state index is -1.12. The number of halogens is 2. The van der Waals surface area contributed by atoms with Gasteiger partial charge >= 0.3 is 12.1 Å². The molecule has 7 rings (SSSR count). The summed E-state index contributed by atoms with van der Waals surface area (Å²) in [4.78, 5) is 33.2. The zero-order chi connectivity index (χ0) is 37.8. The molecule has 4 aromatic rings. The van der Waals surface area contributed by atoms with Gasteiger partial charge in [-0.1, -0.05) is 59.6 Å². The van der Waals surface area contributed by atoms with Gasteiger partial charge in [-0.3, -0.25) is 15.0 Å². The standard InChI is InChI=1S/C40H44Cl2N4O7/c1-43(2)21-28-7-5-6-8-35(28)46(40(49)53-38-24-44-15-13-26(38)14-16-44)20-25-9-11-29(39(47)48)31(17-25)30(19-32-33(41)22-45(50)23-34(32)42)27-10-12-36(51-3)37(18-27)52-4/h5-12,17-18,22-23,26,30,38H,13-16,19-21,24H2,1-4H3,(H-,47,48,50)/p+1/t30-,38-/m0/s1. The molecule has 13 heteroatoms. The van der Waals surface area contributed by atoms with Crippen LogP contribution in [0.15, 0.2) is 73.1 Å². The van der Waals surface area contributed by atoms with Gasteiger partial charge in [-0.25, -0.2) is 9.59 Å². The number of amides is 1. The van der Waals surface area contributed by atoms with Crippen molar-refractivity contribution in [1.29, 1.82) is 0 Å². The van der Waals surface area contributed by atoms with Crippen LogP contribution in [-0.2, 0) is 24.2 Å². The zero-order valence-corrected chi connectivity index (χ0v) is 31.8. The molecule has 11 nitrogen and oxygen atoms in total. The molecule has 1 amide bonds. The Morgan fingerprint density at radius 1 is 0.943 bits per heavy atom. The van der Waals surface area contributed by atoms with Crippen LogP contribution in [-0.4, -0.2) is 86.2 Å². The van der Waals surface area contributed by atoms with E-state index in [1.165, 1.54) is 19.5 Å². The molecule has 1 aromatic heterocycles. The number of pyridine rings is 1. The van der Waals surface area contributed by atoms with Crippen LogP contribution in [0.3, 0.4) is 0 Å². The van der Waals surface area contributed by atoms with Crippen LogP contribution in [0.2, 0.25) is 10.0 Å². The first-order chi connectivity index (χ1) is 25.4. The summed E-state index contributed by atoms with van der Waals surface area (Å²) in [6.07, 6.45) is 4.18. The number of rotatable bonds is 13. The molecule has 0 unspecified atom stereocenters. The van der Waals surface area contributed by atoms with Crippen molar-refractivity contribution in [2.24, 2.45) is 5.92 Å². The highest BCUT2D eigenvalue weighted by Crippen LogP contribution is 2.40. The van der Waals surface area contributed by atoms with Crippen molar-refractivity contribution in [3.8, 4) is 11.5 Å². The summed E-state index contributed by atoms with van der Waals surface area (Å²) in [5, 5.41) is 21.0. The van der Waals surface area contributed by atoms with Gasteiger partial charge < -0.3 is 24.2 Å². The second-order valence-corrected chi connectivity index (χ2v) is 14.7. The molecule has 2 bridgehead atoms. The maximum atomic E-state index is 14.3. The Morgan fingerprint density at radius 2 is 1.64 bits per heavy atom. The summed E-state index contributed by atoms with van der Waals surface area (Å²) in [5.74, 6) is -0.443. The van der Waals surface area contributed by atoms with Gasteiger partial charge in [-0.2, -0.15) is 0 Å². The van der Waals surface area contributed by atoms with E-state index in [0.717, 1.165) is 42.8 Å². The highest BCUT2D eigenvalue weighted by Gasteiger charge is 2.38. The summed E-state index contributed by atoms with van der Waals surface area (Å²) >= 11 is 13.3. The van der Waals surface area contributed by atoms with E-state index < -0.39 is 18.0 Å². The lowest BCUT2D eigenvalue weighted by Gasteiger charge is -2.44. The number of para-hydroxylation sites is 1. The van der Waals surface area contributed by atoms with E-state index in [2.05, 4.69) is 4.90 Å². The molecule has 3 fully saturated rings. The predicted molar refractivity (Wildman–Crippen MR) is 202 cm³/mol. The number of piperidine rings is 3. The normalized spacial score (nSPS) is 18.4. The van der Waals surface area contributed by atoms with Gasteiger partial charge in [0.05, 0.1) is 32.0 Å². The second-order valence-electron chi connectivity index (χ2n) is 13.9. The summed E-state index contributed by atoms with van der Waals surface area (Å²) < 4.78 is 18.2. The van der Waals surface area contributed by atoms with E-state index in [4.69, 9.17) is 37.4 Å². The zero-order valence-electron chi connectivity index (χ0n) is 30.3. The molecule has 0 saturated carbocycles. The van der Waals surface area contributed by atoms with Crippen LogP contribution in [0, 0.1) is 5.92 Å². The smallest absolute Gasteiger partial charge is 0.414 e. The molecule has 3 saturated heterocycles. The Bertz CT molecular complexity index is 1940. The number of hydrogen-bond acceptors (Lipinski definition) is 8. The van der Waals surface area contributed by atoms with E-state index in [1.807, 2.05) is 55.4 Å². The number of hydrogen-bond donors (Lipinski definition) is 2. The van der Waals surface area contributed by atoms with Crippen LogP contribution in [0.25, 0.3) is 0 Å². The number of carboxylic acid groups (broad SMARTS) is 1. The van der Waals surface area contributed by atoms with E-state index in [-0.39, 0.29) is 34.7 Å². The van der Waals surface area contributed by atoms with Gasteiger partial charge in [0.2, 0.25) is 12.4 Å². The number of carbonyl (C=O) groups is 2.